The van der Waals surface area contributed by atoms with Crippen LogP contribution in [0, 0.1) is 12.8 Å². The van der Waals surface area contributed by atoms with Crippen molar-refractivity contribution >= 4 is 6.08 Å². The van der Waals surface area contributed by atoms with Gasteiger partial charge in [0.05, 0.1) is 0 Å². The molecular formula is C14H19N. The zero-order valence-corrected chi connectivity index (χ0v) is 9.88. The maximum Gasteiger partial charge on any atom is 0.0479 e. The lowest BCUT2D eigenvalue weighted by Gasteiger charge is -2.08. The monoisotopic (exact) mass is 201 g/mol. The molecule has 0 bridgehead atoms. The van der Waals surface area contributed by atoms with Gasteiger partial charge < -0.3 is 0 Å². The quantitative estimate of drug-likeness (QED) is 0.674. The van der Waals surface area contributed by atoms with Gasteiger partial charge in [-0.05, 0) is 43.7 Å². The minimum Gasteiger partial charge on any atom is -0.258 e. The Morgan fingerprint density at radius 2 is 2.00 bits per heavy atom. The Labute approximate surface area is 92.2 Å². The molecule has 1 aliphatic rings. The molecule has 0 radical (unpaired) electrons. The molecule has 1 aliphatic carbocycles. The Bertz CT molecular complexity index is 388. The number of aryl methyl sites for hydroxylation is 2. The maximum atomic E-state index is 4.62. The molecule has 80 valence electrons. The predicted molar refractivity (Wildman–Crippen MR) is 64.7 cm³/mol. The summed E-state index contributed by atoms with van der Waals surface area (Å²) in [4.78, 5) is 4.62. The van der Waals surface area contributed by atoms with E-state index in [9.17, 15) is 0 Å². The van der Waals surface area contributed by atoms with Crippen LogP contribution >= 0.6 is 0 Å². The summed E-state index contributed by atoms with van der Waals surface area (Å²) >= 11 is 0. The predicted octanol–water partition coefficient (Wildman–Crippen LogP) is 3.77. The van der Waals surface area contributed by atoms with E-state index in [0.29, 0.717) is 5.92 Å². The molecule has 1 nitrogen and oxygen atoms in total. The molecule has 0 N–H and O–H groups in total. The first-order valence-electron chi connectivity index (χ1n) is 5.84. The van der Waals surface area contributed by atoms with Crippen molar-refractivity contribution in [1.29, 1.82) is 0 Å². The summed E-state index contributed by atoms with van der Waals surface area (Å²) in [7, 11) is 0. The van der Waals surface area contributed by atoms with Gasteiger partial charge in [-0.15, -0.1) is 0 Å². The normalized spacial score (nSPS) is 15.9. The number of hydrogen-bond donors (Lipinski definition) is 0. The second kappa shape index (κ2) is 4.18. The number of aromatic nitrogens is 1. The van der Waals surface area contributed by atoms with Crippen LogP contribution in [-0.4, -0.2) is 4.98 Å². The van der Waals surface area contributed by atoms with E-state index in [4.69, 9.17) is 0 Å². The fourth-order valence-corrected chi connectivity index (χ4v) is 2.14. The number of pyridine rings is 1. The van der Waals surface area contributed by atoms with Gasteiger partial charge in [0.2, 0.25) is 0 Å². The first-order chi connectivity index (χ1) is 7.16. The third kappa shape index (κ3) is 2.28. The highest BCUT2D eigenvalue weighted by Crippen LogP contribution is 2.26. The van der Waals surface area contributed by atoms with Crippen molar-refractivity contribution in [3.8, 4) is 0 Å². The molecule has 15 heavy (non-hydrogen) atoms. The van der Waals surface area contributed by atoms with E-state index in [2.05, 4.69) is 44.0 Å². The molecule has 0 spiro atoms. The molecule has 2 rings (SSSR count). The zero-order chi connectivity index (χ0) is 10.8. The van der Waals surface area contributed by atoms with E-state index in [1.807, 2.05) is 0 Å². The van der Waals surface area contributed by atoms with Crippen molar-refractivity contribution in [2.24, 2.45) is 5.92 Å². The van der Waals surface area contributed by atoms with Crippen LogP contribution in [0.1, 0.15) is 43.6 Å². The van der Waals surface area contributed by atoms with E-state index >= 15 is 0 Å². The Kier molecular flexibility index (Phi) is 2.90. The second-order valence-electron chi connectivity index (χ2n) is 4.72. The van der Waals surface area contributed by atoms with Crippen LogP contribution in [0.4, 0.5) is 0 Å². The van der Waals surface area contributed by atoms with Crippen molar-refractivity contribution in [1.82, 2.24) is 4.98 Å². The summed E-state index contributed by atoms with van der Waals surface area (Å²) in [6.07, 6.45) is 5.95. The van der Waals surface area contributed by atoms with Gasteiger partial charge in [-0.1, -0.05) is 31.6 Å². The molecule has 0 fully saturated rings. The molecule has 1 heterocycles. The van der Waals surface area contributed by atoms with E-state index in [-0.39, 0.29) is 0 Å². The highest BCUT2D eigenvalue weighted by atomic mass is 14.7. The van der Waals surface area contributed by atoms with Gasteiger partial charge in [-0.2, -0.15) is 0 Å². The van der Waals surface area contributed by atoms with E-state index in [1.165, 1.54) is 24.1 Å². The van der Waals surface area contributed by atoms with Crippen LogP contribution in [0.5, 0.6) is 0 Å². The molecular weight excluding hydrogens is 182 g/mol. The summed E-state index contributed by atoms with van der Waals surface area (Å²) in [6.45, 7) is 6.62. The van der Waals surface area contributed by atoms with Crippen LogP contribution in [-0.2, 0) is 6.42 Å². The molecule has 0 unspecified atom stereocenters. The highest BCUT2D eigenvalue weighted by Gasteiger charge is 2.11. The summed E-state index contributed by atoms with van der Waals surface area (Å²) < 4.78 is 0. The first kappa shape index (κ1) is 10.4. The van der Waals surface area contributed by atoms with Crippen LogP contribution in [0.15, 0.2) is 17.7 Å². The lowest BCUT2D eigenvalue weighted by molar-refractivity contribution is 0.689. The van der Waals surface area contributed by atoms with E-state index in [1.54, 1.807) is 5.57 Å². The summed E-state index contributed by atoms with van der Waals surface area (Å²) in [5.74, 6) is 0.664. The van der Waals surface area contributed by atoms with Gasteiger partial charge in [-0.3, -0.25) is 4.98 Å². The van der Waals surface area contributed by atoms with Crippen molar-refractivity contribution in [2.75, 3.05) is 0 Å². The molecule has 0 aromatic carbocycles. The third-order valence-electron chi connectivity index (χ3n) is 3.11. The van der Waals surface area contributed by atoms with Crippen molar-refractivity contribution in [3.05, 3.63) is 34.7 Å². The maximum absolute atomic E-state index is 4.62. The van der Waals surface area contributed by atoms with Gasteiger partial charge in [0.15, 0.2) is 0 Å². The summed E-state index contributed by atoms with van der Waals surface area (Å²) in [6, 6.07) is 4.32. The lowest BCUT2D eigenvalue weighted by atomic mass is 9.98. The second-order valence-corrected chi connectivity index (χ2v) is 4.72. The topological polar surface area (TPSA) is 12.9 Å². The number of allylic oxidation sites excluding steroid dienone is 1. The third-order valence-corrected chi connectivity index (χ3v) is 3.11. The fourth-order valence-electron chi connectivity index (χ4n) is 2.14. The Morgan fingerprint density at radius 1 is 1.20 bits per heavy atom. The Morgan fingerprint density at radius 3 is 2.73 bits per heavy atom. The van der Waals surface area contributed by atoms with Gasteiger partial charge in [0.1, 0.15) is 0 Å². The SMILES string of the molecule is Cc1ccc2c(n1)CCCC(C(C)C)=C2. The fraction of sp³-hybridized carbons (Fsp3) is 0.500. The largest absolute Gasteiger partial charge is 0.258 e. The minimum atomic E-state index is 0.664. The van der Waals surface area contributed by atoms with Crippen molar-refractivity contribution < 1.29 is 0 Å². The molecule has 1 aromatic rings. The zero-order valence-electron chi connectivity index (χ0n) is 9.88. The van der Waals surface area contributed by atoms with Crippen LogP contribution in [0.3, 0.4) is 0 Å². The number of hydrogen-bond acceptors (Lipinski definition) is 1. The van der Waals surface area contributed by atoms with Crippen LogP contribution in [0.2, 0.25) is 0 Å². The van der Waals surface area contributed by atoms with Crippen molar-refractivity contribution in [3.63, 3.8) is 0 Å². The highest BCUT2D eigenvalue weighted by molar-refractivity contribution is 5.56. The molecule has 0 saturated heterocycles. The standard InChI is InChI=1S/C14H19N/c1-10(2)12-5-4-6-14-13(9-12)8-7-11(3)15-14/h7-10H,4-6H2,1-3H3. The van der Waals surface area contributed by atoms with E-state index < -0.39 is 0 Å². The number of rotatable bonds is 1. The van der Waals surface area contributed by atoms with E-state index in [0.717, 1.165) is 12.1 Å². The Hall–Kier alpha value is -1.11. The van der Waals surface area contributed by atoms with Crippen LogP contribution in [0.25, 0.3) is 6.08 Å². The summed E-state index contributed by atoms with van der Waals surface area (Å²) in [5.41, 5.74) is 5.32. The smallest absolute Gasteiger partial charge is 0.0479 e. The van der Waals surface area contributed by atoms with Gasteiger partial charge in [0, 0.05) is 11.4 Å². The average molecular weight is 201 g/mol. The molecule has 0 amide bonds. The molecule has 0 aliphatic heterocycles. The molecule has 0 atom stereocenters. The molecule has 1 heteroatoms. The first-order valence-corrected chi connectivity index (χ1v) is 5.84. The van der Waals surface area contributed by atoms with Crippen LogP contribution < -0.4 is 0 Å². The molecule has 1 aromatic heterocycles. The molecule has 0 saturated carbocycles. The summed E-state index contributed by atoms with van der Waals surface area (Å²) in [5, 5.41) is 0. The van der Waals surface area contributed by atoms with Crippen molar-refractivity contribution in [2.45, 2.75) is 40.0 Å². The number of nitrogens with zero attached hydrogens (tertiary/aromatic N) is 1. The number of fused-ring (bicyclic) bond motifs is 1. The van der Waals surface area contributed by atoms with Gasteiger partial charge >= 0.3 is 0 Å². The minimum absolute atomic E-state index is 0.664. The van der Waals surface area contributed by atoms with Gasteiger partial charge in [0.25, 0.3) is 0 Å². The lowest BCUT2D eigenvalue weighted by Crippen LogP contribution is -1.94. The average Bonchev–Trinajstić information content (AvgIpc) is 2.39. The Balaban J connectivity index is 2.42. The van der Waals surface area contributed by atoms with Gasteiger partial charge in [-0.25, -0.2) is 0 Å².